The van der Waals surface area contributed by atoms with Crippen molar-refractivity contribution in [3.05, 3.63) is 86.7 Å². The third-order valence-electron chi connectivity index (χ3n) is 6.03. The van der Waals surface area contributed by atoms with Crippen LogP contribution in [0.5, 0.6) is 0 Å². The first-order valence-electron chi connectivity index (χ1n) is 10.7. The molecule has 0 bridgehead atoms. The molecule has 0 aromatic heterocycles. The highest BCUT2D eigenvalue weighted by atomic mass is 79.9. The van der Waals surface area contributed by atoms with Gasteiger partial charge in [0, 0.05) is 33.8 Å². The monoisotopic (exact) mass is 509 g/mol. The van der Waals surface area contributed by atoms with Crippen LogP contribution in [0.15, 0.2) is 75.5 Å². The Balaban J connectivity index is 2.08. The Bertz CT molecular complexity index is 1180. The average Bonchev–Trinajstić information content (AvgIpc) is 2.83. The van der Waals surface area contributed by atoms with E-state index >= 15 is 0 Å². The van der Waals surface area contributed by atoms with E-state index in [0.717, 1.165) is 21.3 Å². The van der Waals surface area contributed by atoms with Gasteiger partial charge in [0.2, 0.25) is 0 Å². The number of anilines is 1. The van der Waals surface area contributed by atoms with Crippen LogP contribution in [0.4, 0.5) is 5.69 Å². The zero-order valence-corrected chi connectivity index (χ0v) is 20.3. The summed E-state index contributed by atoms with van der Waals surface area (Å²) in [5, 5.41) is 0. The van der Waals surface area contributed by atoms with Crippen LogP contribution in [-0.4, -0.2) is 31.9 Å². The third kappa shape index (κ3) is 4.13. The SMILES string of the molecule is COC(=O)C1=C(C(=O)OC)N(c2ccc(C)cc2)C2=C(C(=O)CCC2)C1c1ccc(Br)cc1. The molecule has 0 radical (unpaired) electrons. The topological polar surface area (TPSA) is 72.9 Å². The van der Waals surface area contributed by atoms with Crippen LogP contribution in [0, 0.1) is 6.92 Å². The minimum absolute atomic E-state index is 0.0356. The first-order valence-corrected chi connectivity index (χ1v) is 11.5. The summed E-state index contributed by atoms with van der Waals surface area (Å²) in [6.45, 7) is 1.97. The molecule has 2 aromatic carbocycles. The number of Topliss-reactive ketones (excluding diaryl/α,β-unsaturated/α-hetero) is 1. The van der Waals surface area contributed by atoms with E-state index in [0.29, 0.717) is 30.5 Å². The smallest absolute Gasteiger partial charge is 0.355 e. The number of halogens is 1. The lowest BCUT2D eigenvalue weighted by molar-refractivity contribution is -0.139. The van der Waals surface area contributed by atoms with Crippen molar-refractivity contribution in [3.63, 3.8) is 0 Å². The van der Waals surface area contributed by atoms with Crippen molar-refractivity contribution in [2.24, 2.45) is 0 Å². The molecule has 2 aromatic rings. The zero-order chi connectivity index (χ0) is 23.7. The standard InChI is InChI=1S/C26H24BrNO5/c1-15-7-13-18(14-8-15)28-19-5-4-6-20(29)22(19)21(16-9-11-17(27)12-10-16)23(25(30)32-2)24(28)26(31)33-3/h7-14,21H,4-6H2,1-3H3. The molecule has 7 heteroatoms. The summed E-state index contributed by atoms with van der Waals surface area (Å²) in [5.41, 5.74) is 3.88. The highest BCUT2D eigenvalue weighted by molar-refractivity contribution is 9.10. The average molecular weight is 510 g/mol. The van der Waals surface area contributed by atoms with Gasteiger partial charge < -0.3 is 14.4 Å². The number of methoxy groups -OCH3 is 2. The predicted octanol–water partition coefficient (Wildman–Crippen LogP) is 4.97. The highest BCUT2D eigenvalue weighted by Gasteiger charge is 2.45. The Hall–Kier alpha value is -3.19. The molecule has 1 aliphatic heterocycles. The van der Waals surface area contributed by atoms with Gasteiger partial charge in [-0.25, -0.2) is 9.59 Å². The Morgan fingerprint density at radius 3 is 2.18 bits per heavy atom. The molecule has 0 saturated carbocycles. The molecular weight excluding hydrogens is 486 g/mol. The van der Waals surface area contributed by atoms with Crippen LogP contribution >= 0.6 is 15.9 Å². The fourth-order valence-corrected chi connectivity index (χ4v) is 4.80. The molecule has 1 unspecified atom stereocenters. The van der Waals surface area contributed by atoms with Gasteiger partial charge in [-0.2, -0.15) is 0 Å². The van der Waals surface area contributed by atoms with Crippen molar-refractivity contribution < 1.29 is 23.9 Å². The van der Waals surface area contributed by atoms with Gasteiger partial charge in [0.05, 0.1) is 19.8 Å². The number of carbonyl (C=O) groups excluding carboxylic acids is 3. The summed E-state index contributed by atoms with van der Waals surface area (Å²) in [5.74, 6) is -2.11. The van der Waals surface area contributed by atoms with Gasteiger partial charge in [0.25, 0.3) is 0 Å². The molecule has 0 N–H and O–H groups in total. The van der Waals surface area contributed by atoms with Crippen molar-refractivity contribution in [2.75, 3.05) is 19.1 Å². The lowest BCUT2D eigenvalue weighted by Crippen LogP contribution is -2.41. The van der Waals surface area contributed by atoms with Crippen LogP contribution in [0.1, 0.15) is 36.3 Å². The van der Waals surface area contributed by atoms with Gasteiger partial charge in [-0.05, 0) is 49.6 Å². The van der Waals surface area contributed by atoms with E-state index in [1.54, 1.807) is 4.90 Å². The van der Waals surface area contributed by atoms with Gasteiger partial charge in [-0.15, -0.1) is 0 Å². The second-order valence-corrected chi connectivity index (χ2v) is 8.95. The maximum absolute atomic E-state index is 13.3. The molecule has 33 heavy (non-hydrogen) atoms. The van der Waals surface area contributed by atoms with Crippen molar-refractivity contribution in [3.8, 4) is 0 Å². The zero-order valence-electron chi connectivity index (χ0n) is 18.7. The molecule has 4 rings (SSSR count). The number of ether oxygens (including phenoxy) is 2. The summed E-state index contributed by atoms with van der Waals surface area (Å²) >= 11 is 3.44. The molecule has 1 aliphatic carbocycles. The summed E-state index contributed by atoms with van der Waals surface area (Å²) in [4.78, 5) is 41.4. The van der Waals surface area contributed by atoms with Gasteiger partial charge in [0.1, 0.15) is 5.70 Å². The number of rotatable bonds is 4. The summed E-state index contributed by atoms with van der Waals surface area (Å²) in [6.07, 6.45) is 1.64. The Morgan fingerprint density at radius 2 is 1.58 bits per heavy atom. The number of hydrogen-bond acceptors (Lipinski definition) is 6. The number of allylic oxidation sites excluding steroid dienone is 2. The van der Waals surface area contributed by atoms with Crippen molar-refractivity contribution in [2.45, 2.75) is 32.1 Å². The minimum Gasteiger partial charge on any atom is -0.466 e. The number of nitrogens with zero attached hydrogens (tertiary/aromatic N) is 1. The predicted molar refractivity (Wildman–Crippen MR) is 127 cm³/mol. The molecule has 1 heterocycles. The molecule has 2 aliphatic rings. The summed E-state index contributed by atoms with van der Waals surface area (Å²) < 4.78 is 11.1. The lowest BCUT2D eigenvalue weighted by atomic mass is 9.74. The van der Waals surface area contributed by atoms with Crippen LogP contribution in [0.3, 0.4) is 0 Å². The highest BCUT2D eigenvalue weighted by Crippen LogP contribution is 2.48. The normalized spacial score (nSPS) is 18.2. The maximum atomic E-state index is 13.3. The third-order valence-corrected chi connectivity index (χ3v) is 6.56. The fraction of sp³-hybridized carbons (Fsp3) is 0.269. The Labute approximate surface area is 201 Å². The van der Waals surface area contributed by atoms with E-state index in [9.17, 15) is 14.4 Å². The second-order valence-electron chi connectivity index (χ2n) is 8.04. The van der Waals surface area contributed by atoms with Gasteiger partial charge >= 0.3 is 11.9 Å². The molecule has 0 fully saturated rings. The number of esters is 2. The second kappa shape index (κ2) is 9.35. The van der Waals surface area contributed by atoms with Crippen LogP contribution in [0.2, 0.25) is 0 Å². The molecule has 6 nitrogen and oxygen atoms in total. The molecule has 0 spiro atoms. The van der Waals surface area contributed by atoms with Crippen molar-refractivity contribution in [1.82, 2.24) is 0 Å². The summed E-state index contributed by atoms with van der Waals surface area (Å²) in [6, 6.07) is 15.0. The Morgan fingerprint density at radius 1 is 0.939 bits per heavy atom. The minimum atomic E-state index is -0.732. The molecular formula is C26H24BrNO5. The van der Waals surface area contributed by atoms with E-state index in [4.69, 9.17) is 9.47 Å². The van der Waals surface area contributed by atoms with Crippen molar-refractivity contribution in [1.29, 1.82) is 0 Å². The van der Waals surface area contributed by atoms with Gasteiger partial charge in [-0.1, -0.05) is 45.8 Å². The first-order chi connectivity index (χ1) is 15.9. The fourth-order valence-electron chi connectivity index (χ4n) is 4.53. The maximum Gasteiger partial charge on any atom is 0.355 e. The van der Waals surface area contributed by atoms with Gasteiger partial charge in [0.15, 0.2) is 5.78 Å². The van der Waals surface area contributed by atoms with Crippen LogP contribution in [-0.2, 0) is 23.9 Å². The van der Waals surface area contributed by atoms with E-state index in [2.05, 4.69) is 15.9 Å². The number of benzene rings is 2. The molecule has 0 saturated heterocycles. The van der Waals surface area contributed by atoms with E-state index in [-0.39, 0.29) is 17.1 Å². The summed E-state index contributed by atoms with van der Waals surface area (Å²) in [7, 11) is 2.55. The first kappa shape index (κ1) is 23.0. The number of aryl methyl sites for hydroxylation is 1. The number of ketones is 1. The van der Waals surface area contributed by atoms with Crippen LogP contribution in [0.25, 0.3) is 0 Å². The molecule has 0 amide bonds. The van der Waals surface area contributed by atoms with E-state index in [1.807, 2.05) is 55.5 Å². The number of hydrogen-bond donors (Lipinski definition) is 0. The van der Waals surface area contributed by atoms with Crippen molar-refractivity contribution >= 4 is 39.3 Å². The Kier molecular flexibility index (Phi) is 6.51. The quantitative estimate of drug-likeness (QED) is 0.541. The van der Waals surface area contributed by atoms with E-state index in [1.165, 1.54) is 14.2 Å². The number of carbonyl (C=O) groups is 3. The molecule has 1 atom stereocenters. The van der Waals surface area contributed by atoms with Crippen LogP contribution < -0.4 is 4.90 Å². The molecule has 170 valence electrons. The van der Waals surface area contributed by atoms with E-state index < -0.39 is 17.9 Å². The largest absolute Gasteiger partial charge is 0.466 e. The lowest BCUT2D eigenvalue weighted by Gasteiger charge is -2.40. The van der Waals surface area contributed by atoms with Gasteiger partial charge in [-0.3, -0.25) is 4.79 Å².